The van der Waals surface area contributed by atoms with Gasteiger partial charge in [-0.05, 0) is 29.1 Å². The van der Waals surface area contributed by atoms with Crippen LogP contribution in [-0.2, 0) is 6.54 Å². The highest BCUT2D eigenvalue weighted by Gasteiger charge is 2.17. The number of nitrogens with one attached hydrogen (secondary N) is 1. The SMILES string of the molecule is Nc1nc(-c2ccco2)c2nnn(Cc3cccc4cc[nH]c34)c2n1. The van der Waals surface area contributed by atoms with Gasteiger partial charge < -0.3 is 15.1 Å². The summed E-state index contributed by atoms with van der Waals surface area (Å²) in [5.41, 5.74) is 9.71. The van der Waals surface area contributed by atoms with Crippen LogP contribution in [0.2, 0.25) is 0 Å². The Morgan fingerprint density at radius 1 is 1.12 bits per heavy atom. The molecule has 0 unspecified atom stereocenters. The van der Waals surface area contributed by atoms with Crippen molar-refractivity contribution < 1.29 is 4.42 Å². The Morgan fingerprint density at radius 3 is 2.96 bits per heavy atom. The van der Waals surface area contributed by atoms with E-state index in [9.17, 15) is 0 Å². The van der Waals surface area contributed by atoms with E-state index in [1.807, 2.05) is 24.4 Å². The summed E-state index contributed by atoms with van der Waals surface area (Å²) in [6, 6.07) is 11.7. The minimum absolute atomic E-state index is 0.153. The second-order valence-electron chi connectivity index (χ2n) is 5.69. The molecule has 0 bridgehead atoms. The predicted molar refractivity (Wildman–Crippen MR) is 92.6 cm³/mol. The van der Waals surface area contributed by atoms with Crippen molar-refractivity contribution in [1.29, 1.82) is 0 Å². The fourth-order valence-corrected chi connectivity index (χ4v) is 3.01. The molecule has 0 aliphatic rings. The number of hydrogen-bond donors (Lipinski definition) is 2. The third-order valence-electron chi connectivity index (χ3n) is 4.13. The van der Waals surface area contributed by atoms with Gasteiger partial charge in [0.25, 0.3) is 0 Å². The van der Waals surface area contributed by atoms with E-state index < -0.39 is 0 Å². The molecule has 4 aromatic heterocycles. The molecule has 3 N–H and O–H groups in total. The van der Waals surface area contributed by atoms with Crippen LogP contribution in [0, 0.1) is 0 Å². The number of para-hydroxylation sites is 1. The summed E-state index contributed by atoms with van der Waals surface area (Å²) in [5, 5.41) is 9.63. The molecule has 0 aliphatic carbocycles. The molecule has 0 saturated carbocycles. The molecule has 0 amide bonds. The summed E-state index contributed by atoms with van der Waals surface area (Å²) in [5.74, 6) is 0.734. The van der Waals surface area contributed by atoms with Crippen molar-refractivity contribution in [2.24, 2.45) is 0 Å². The highest BCUT2D eigenvalue weighted by atomic mass is 16.3. The first-order valence-corrected chi connectivity index (χ1v) is 7.75. The standard InChI is InChI=1S/C17H13N7O/c18-17-20-14(12-5-2-8-25-12)15-16(21-17)24(23-22-15)9-11-4-1-3-10-6-7-19-13(10)11/h1-8,19H,9H2,(H2,18,20,21). The quantitative estimate of drug-likeness (QED) is 0.525. The molecule has 0 fully saturated rings. The van der Waals surface area contributed by atoms with Crippen molar-refractivity contribution in [3.63, 3.8) is 0 Å². The minimum Gasteiger partial charge on any atom is -0.463 e. The Morgan fingerprint density at radius 2 is 2.08 bits per heavy atom. The Kier molecular flexibility index (Phi) is 2.84. The number of hydrogen-bond acceptors (Lipinski definition) is 6. The van der Waals surface area contributed by atoms with Gasteiger partial charge in [0.05, 0.1) is 18.3 Å². The number of nitrogens with zero attached hydrogens (tertiary/aromatic N) is 5. The fraction of sp³-hybridized carbons (Fsp3) is 0.0588. The molecule has 122 valence electrons. The van der Waals surface area contributed by atoms with Crippen LogP contribution in [0.1, 0.15) is 5.56 Å². The normalized spacial score (nSPS) is 11.5. The van der Waals surface area contributed by atoms with Gasteiger partial charge in [-0.25, -0.2) is 9.67 Å². The number of benzene rings is 1. The number of nitrogen functional groups attached to an aromatic ring is 1. The van der Waals surface area contributed by atoms with Crippen molar-refractivity contribution in [2.45, 2.75) is 6.54 Å². The molecule has 5 rings (SSSR count). The Bertz CT molecular complexity index is 1190. The van der Waals surface area contributed by atoms with Crippen molar-refractivity contribution in [3.8, 4) is 11.5 Å². The number of aromatic amines is 1. The first kappa shape index (κ1) is 13.7. The van der Waals surface area contributed by atoms with Crippen molar-refractivity contribution in [1.82, 2.24) is 29.9 Å². The van der Waals surface area contributed by atoms with E-state index in [1.165, 1.54) is 0 Å². The molecular weight excluding hydrogens is 318 g/mol. The molecule has 0 saturated heterocycles. The second-order valence-corrected chi connectivity index (χ2v) is 5.69. The summed E-state index contributed by atoms with van der Waals surface area (Å²) in [6.45, 7) is 0.516. The topological polar surface area (TPSA) is 111 Å². The molecule has 1 aromatic carbocycles. The van der Waals surface area contributed by atoms with E-state index in [1.54, 1.807) is 23.1 Å². The number of H-pyrrole nitrogens is 1. The van der Waals surface area contributed by atoms with Crippen LogP contribution in [-0.4, -0.2) is 29.9 Å². The van der Waals surface area contributed by atoms with Gasteiger partial charge in [0.15, 0.2) is 16.9 Å². The maximum atomic E-state index is 5.89. The molecule has 8 nitrogen and oxygen atoms in total. The third kappa shape index (κ3) is 2.15. The number of fused-ring (bicyclic) bond motifs is 2. The summed E-state index contributed by atoms with van der Waals surface area (Å²) in [4.78, 5) is 11.8. The van der Waals surface area contributed by atoms with E-state index in [2.05, 4.69) is 31.3 Å². The molecule has 8 heteroatoms. The molecule has 0 atom stereocenters. The monoisotopic (exact) mass is 331 g/mol. The smallest absolute Gasteiger partial charge is 0.222 e. The van der Waals surface area contributed by atoms with Gasteiger partial charge in [-0.1, -0.05) is 23.4 Å². The van der Waals surface area contributed by atoms with Gasteiger partial charge in [0.2, 0.25) is 5.95 Å². The van der Waals surface area contributed by atoms with Crippen molar-refractivity contribution in [2.75, 3.05) is 5.73 Å². The van der Waals surface area contributed by atoms with Gasteiger partial charge >= 0.3 is 0 Å². The van der Waals surface area contributed by atoms with Crippen molar-refractivity contribution in [3.05, 3.63) is 54.4 Å². The van der Waals surface area contributed by atoms with Gasteiger partial charge in [-0.3, -0.25) is 0 Å². The Hall–Kier alpha value is -3.68. The number of furan rings is 1. The number of nitrogens with two attached hydrogens (primary N) is 1. The summed E-state index contributed by atoms with van der Waals surface area (Å²) < 4.78 is 7.15. The first-order chi connectivity index (χ1) is 12.3. The third-order valence-corrected chi connectivity index (χ3v) is 4.13. The van der Waals surface area contributed by atoms with Crippen LogP contribution in [0.4, 0.5) is 5.95 Å². The number of anilines is 1. The lowest BCUT2D eigenvalue weighted by atomic mass is 10.1. The largest absolute Gasteiger partial charge is 0.463 e. The van der Waals surface area contributed by atoms with Gasteiger partial charge in [-0.2, -0.15) is 4.98 Å². The van der Waals surface area contributed by atoms with Crippen LogP contribution in [0.25, 0.3) is 33.5 Å². The van der Waals surface area contributed by atoms with E-state index in [4.69, 9.17) is 10.2 Å². The summed E-state index contributed by atoms with van der Waals surface area (Å²) >= 11 is 0. The average molecular weight is 331 g/mol. The zero-order valence-electron chi connectivity index (χ0n) is 13.0. The molecule has 25 heavy (non-hydrogen) atoms. The summed E-state index contributed by atoms with van der Waals surface area (Å²) in [7, 11) is 0. The van der Waals surface area contributed by atoms with E-state index in [-0.39, 0.29) is 5.95 Å². The number of aromatic nitrogens is 6. The molecular formula is C17H13N7O. The highest BCUT2D eigenvalue weighted by Crippen LogP contribution is 2.26. The minimum atomic E-state index is 0.153. The lowest BCUT2D eigenvalue weighted by Crippen LogP contribution is -2.05. The van der Waals surface area contributed by atoms with E-state index >= 15 is 0 Å². The fourth-order valence-electron chi connectivity index (χ4n) is 3.01. The lowest BCUT2D eigenvalue weighted by molar-refractivity contribution is 0.580. The van der Waals surface area contributed by atoms with Crippen molar-refractivity contribution >= 4 is 28.0 Å². The average Bonchev–Trinajstić information content (AvgIpc) is 3.35. The Balaban J connectivity index is 1.67. The first-order valence-electron chi connectivity index (χ1n) is 7.75. The Labute approximate surface area is 141 Å². The molecule has 0 radical (unpaired) electrons. The van der Waals surface area contributed by atoms with Crippen LogP contribution < -0.4 is 5.73 Å². The van der Waals surface area contributed by atoms with Crippen LogP contribution >= 0.6 is 0 Å². The second kappa shape index (κ2) is 5.17. The van der Waals surface area contributed by atoms with Crippen LogP contribution in [0.5, 0.6) is 0 Å². The van der Waals surface area contributed by atoms with Crippen LogP contribution in [0.3, 0.4) is 0 Å². The van der Waals surface area contributed by atoms with E-state index in [0.717, 1.165) is 16.5 Å². The van der Waals surface area contributed by atoms with Gasteiger partial charge in [0, 0.05) is 6.20 Å². The van der Waals surface area contributed by atoms with Gasteiger partial charge in [0.1, 0.15) is 5.69 Å². The zero-order chi connectivity index (χ0) is 16.8. The van der Waals surface area contributed by atoms with E-state index in [0.29, 0.717) is 29.2 Å². The maximum Gasteiger partial charge on any atom is 0.222 e. The maximum absolute atomic E-state index is 5.89. The lowest BCUT2D eigenvalue weighted by Gasteiger charge is -2.05. The van der Waals surface area contributed by atoms with Gasteiger partial charge in [-0.15, -0.1) is 5.10 Å². The van der Waals surface area contributed by atoms with Crippen LogP contribution in [0.15, 0.2) is 53.3 Å². The zero-order valence-corrected chi connectivity index (χ0v) is 13.0. The summed E-state index contributed by atoms with van der Waals surface area (Å²) in [6.07, 6.45) is 3.50. The highest BCUT2D eigenvalue weighted by molar-refractivity contribution is 5.86. The molecule has 0 spiro atoms. The predicted octanol–water partition coefficient (Wildman–Crippen LogP) is 2.59. The molecule has 4 heterocycles. The molecule has 0 aliphatic heterocycles. The number of rotatable bonds is 3. The molecule has 5 aromatic rings.